The second-order valence-electron chi connectivity index (χ2n) is 8.47. The minimum atomic E-state index is -3.85. The fourth-order valence-corrected chi connectivity index (χ4v) is 6.16. The van der Waals surface area contributed by atoms with Gasteiger partial charge in [0.2, 0.25) is 4.90 Å². The zero-order valence-electron chi connectivity index (χ0n) is 20.4. The Morgan fingerprint density at radius 1 is 1.11 bits per heavy atom. The summed E-state index contributed by atoms with van der Waals surface area (Å²) in [5, 5.41) is 3.74. The number of carbonyl (C=O) groups is 1. The summed E-state index contributed by atoms with van der Waals surface area (Å²) in [6.45, 7) is 3.38. The van der Waals surface area contributed by atoms with Crippen LogP contribution in [-0.4, -0.2) is 72.6 Å². The third-order valence-corrected chi connectivity index (χ3v) is 8.38. The van der Waals surface area contributed by atoms with Crippen LogP contribution in [-0.2, 0) is 14.6 Å². The van der Waals surface area contributed by atoms with Crippen molar-refractivity contribution in [2.75, 3.05) is 33.3 Å². The molecule has 0 bridgehead atoms. The summed E-state index contributed by atoms with van der Waals surface area (Å²) in [5.74, 6) is 0.0509. The number of amides is 1. The minimum Gasteiger partial charge on any atom is -0.593 e. The Labute approximate surface area is 212 Å². The van der Waals surface area contributed by atoms with Crippen LogP contribution in [0.1, 0.15) is 21.9 Å². The molecule has 192 valence electrons. The first kappa shape index (κ1) is 24.7. The van der Waals surface area contributed by atoms with Crippen molar-refractivity contribution in [1.29, 1.82) is 0 Å². The van der Waals surface area contributed by atoms with Gasteiger partial charge in [0.25, 0.3) is 11.5 Å². The maximum absolute atomic E-state index is 13.6. The van der Waals surface area contributed by atoms with Crippen LogP contribution in [0.2, 0.25) is 0 Å². The standard InChI is InChI=1S/C24H24N6O6S/c1-15-21(16(2)36-27-15)37(33,34)29-13-11-28(12-14-29)23(31)20-24(32)30(18-8-4-5-9-19(18)35-3)22-17(26-20)7-6-10-25-22/h4-10H,11-14H2,1-3H3. The number of pyridine rings is 1. The molecule has 1 aliphatic heterocycles. The lowest BCUT2D eigenvalue weighted by molar-refractivity contribution is 0.0685. The average molecular weight is 525 g/mol. The number of sulfonamides is 1. The molecule has 1 atom stereocenters. The number of hydrogen-bond acceptors (Lipinski definition) is 9. The van der Waals surface area contributed by atoms with E-state index in [1.807, 2.05) is 0 Å². The zero-order valence-corrected chi connectivity index (χ0v) is 21.2. The first-order valence-corrected chi connectivity index (χ1v) is 12.9. The van der Waals surface area contributed by atoms with Gasteiger partial charge in [-0.05, 0) is 31.2 Å². The first-order chi connectivity index (χ1) is 17.7. The quantitative estimate of drug-likeness (QED) is 0.356. The van der Waals surface area contributed by atoms with Crippen molar-refractivity contribution < 1.29 is 22.8 Å². The molecule has 37 heavy (non-hydrogen) atoms. The Bertz CT molecular complexity index is 1590. The molecule has 0 saturated carbocycles. The van der Waals surface area contributed by atoms with Crippen molar-refractivity contribution in [2.24, 2.45) is 0 Å². The highest BCUT2D eigenvalue weighted by Crippen LogP contribution is 2.29. The Morgan fingerprint density at radius 3 is 2.51 bits per heavy atom. The van der Waals surface area contributed by atoms with Gasteiger partial charge in [-0.15, -0.1) is 4.31 Å². The second kappa shape index (κ2) is 9.50. The molecule has 1 aromatic carbocycles. The molecule has 1 unspecified atom stereocenters. The Morgan fingerprint density at radius 2 is 1.84 bits per heavy atom. The van der Waals surface area contributed by atoms with Crippen LogP contribution in [0.5, 0.6) is 5.75 Å². The monoisotopic (exact) mass is 524 g/mol. The van der Waals surface area contributed by atoms with Gasteiger partial charge in [0.15, 0.2) is 27.5 Å². The second-order valence-corrected chi connectivity index (χ2v) is 10.3. The van der Waals surface area contributed by atoms with Crippen LogP contribution in [0.25, 0.3) is 16.9 Å². The summed E-state index contributed by atoms with van der Waals surface area (Å²) in [5.41, 5.74) is 0.409. The van der Waals surface area contributed by atoms with E-state index in [0.29, 0.717) is 17.0 Å². The number of benzene rings is 1. The molecule has 1 fully saturated rings. The summed E-state index contributed by atoms with van der Waals surface area (Å²) >= 11 is 0. The maximum atomic E-state index is 13.6. The molecule has 12 nitrogen and oxygen atoms in total. The lowest BCUT2D eigenvalue weighted by Gasteiger charge is -2.35. The number of carbonyl (C=O) groups excluding carboxylic acids is 1. The highest BCUT2D eigenvalue weighted by Gasteiger charge is 2.39. The fraction of sp³-hybridized carbons (Fsp3) is 0.292. The highest BCUT2D eigenvalue weighted by molar-refractivity contribution is 7.95. The van der Waals surface area contributed by atoms with Crippen LogP contribution in [0.15, 0.2) is 56.8 Å². The van der Waals surface area contributed by atoms with Gasteiger partial charge in [0.1, 0.15) is 17.0 Å². The number of ether oxygens (including phenoxy) is 1. The van der Waals surface area contributed by atoms with Crippen LogP contribution in [0.4, 0.5) is 0 Å². The molecule has 4 aromatic rings. The number of nitrogens with zero attached hydrogens (tertiary/aromatic N) is 6. The van der Waals surface area contributed by atoms with E-state index in [1.54, 1.807) is 50.2 Å². The Hall–Kier alpha value is -3.94. The average Bonchev–Trinajstić information content (AvgIpc) is 3.26. The van der Waals surface area contributed by atoms with E-state index in [9.17, 15) is 18.4 Å². The van der Waals surface area contributed by atoms with Crippen LogP contribution >= 0.6 is 0 Å². The van der Waals surface area contributed by atoms with Crippen molar-refractivity contribution in [3.05, 3.63) is 70.1 Å². The normalized spacial score (nSPS) is 16.1. The van der Waals surface area contributed by atoms with Crippen molar-refractivity contribution in [3.63, 3.8) is 0 Å². The molecule has 1 saturated heterocycles. The summed E-state index contributed by atoms with van der Waals surface area (Å²) in [6.07, 6.45) is 1.54. The van der Waals surface area contributed by atoms with Crippen LogP contribution in [0, 0.1) is 13.8 Å². The molecule has 13 heteroatoms. The van der Waals surface area contributed by atoms with Crippen molar-refractivity contribution in [1.82, 2.24) is 28.9 Å². The zero-order chi connectivity index (χ0) is 26.3. The third kappa shape index (κ3) is 4.20. The number of methoxy groups -OCH3 is 1. The number of rotatable bonds is 5. The summed E-state index contributed by atoms with van der Waals surface area (Å²) in [7, 11) is -2.36. The van der Waals surface area contributed by atoms with E-state index < -0.39 is 21.9 Å². The molecule has 1 amide bonds. The topological polar surface area (TPSA) is 147 Å². The van der Waals surface area contributed by atoms with Gasteiger partial charge in [-0.2, -0.15) is 0 Å². The number of fused-ring (bicyclic) bond motifs is 1. The molecule has 0 N–H and O–H groups in total. The summed E-state index contributed by atoms with van der Waals surface area (Å²) in [4.78, 5) is 37.2. The Kier molecular flexibility index (Phi) is 6.35. The number of aryl methyl sites for hydroxylation is 2. The molecule has 0 radical (unpaired) electrons. The molecule has 0 spiro atoms. The van der Waals surface area contributed by atoms with Gasteiger partial charge in [0, 0.05) is 26.2 Å². The van der Waals surface area contributed by atoms with Gasteiger partial charge < -0.3 is 18.7 Å². The number of aromatic nitrogens is 4. The third-order valence-electron chi connectivity index (χ3n) is 6.24. The predicted molar refractivity (Wildman–Crippen MR) is 132 cm³/mol. The molecular formula is C24H24N6O6S. The van der Waals surface area contributed by atoms with Crippen LogP contribution in [0.3, 0.4) is 0 Å². The Balaban J connectivity index is 1.48. The van der Waals surface area contributed by atoms with Gasteiger partial charge in [-0.1, -0.05) is 21.5 Å². The lowest BCUT2D eigenvalue weighted by Crippen LogP contribution is -2.53. The molecule has 1 aliphatic rings. The lowest BCUT2D eigenvalue weighted by atomic mass is 10.2. The van der Waals surface area contributed by atoms with Crippen molar-refractivity contribution >= 4 is 27.5 Å². The molecular weight excluding hydrogens is 500 g/mol. The van der Waals surface area contributed by atoms with E-state index in [-0.39, 0.29) is 53.9 Å². The highest BCUT2D eigenvalue weighted by atomic mass is 32.3. The molecule has 3 aromatic heterocycles. The number of para-hydroxylation sites is 2. The summed E-state index contributed by atoms with van der Waals surface area (Å²) in [6, 6.07) is 10.3. The molecule has 5 rings (SSSR count). The van der Waals surface area contributed by atoms with E-state index in [4.69, 9.17) is 9.26 Å². The first-order valence-electron chi connectivity index (χ1n) is 11.5. The van der Waals surface area contributed by atoms with Crippen molar-refractivity contribution in [3.8, 4) is 11.4 Å². The maximum Gasteiger partial charge on any atom is 0.288 e. The number of hydrogen-bond donors (Lipinski definition) is 0. The smallest absolute Gasteiger partial charge is 0.288 e. The van der Waals surface area contributed by atoms with Crippen LogP contribution < -0.4 is 10.3 Å². The van der Waals surface area contributed by atoms with Gasteiger partial charge in [0.05, 0.1) is 25.9 Å². The van der Waals surface area contributed by atoms with E-state index in [0.717, 1.165) is 0 Å². The van der Waals surface area contributed by atoms with E-state index >= 15 is 0 Å². The van der Waals surface area contributed by atoms with Gasteiger partial charge >= 0.3 is 0 Å². The summed E-state index contributed by atoms with van der Waals surface area (Å²) < 4.78 is 39.3. The minimum absolute atomic E-state index is 0.0377. The van der Waals surface area contributed by atoms with Gasteiger partial charge in [-0.3, -0.25) is 14.2 Å². The van der Waals surface area contributed by atoms with E-state index in [1.165, 1.54) is 27.1 Å². The molecule has 0 aliphatic carbocycles. The predicted octanol–water partition coefficient (Wildman–Crippen LogP) is 1.76. The fourth-order valence-electron chi connectivity index (χ4n) is 4.45. The number of piperazine rings is 1. The molecule has 4 heterocycles. The largest absolute Gasteiger partial charge is 0.593 e. The SMILES string of the molecule is COc1ccccc1-n1c(=O)c(C(=O)N2CCN([S+](=O)([O-])c3c(C)noc3C)CC2)nc2cccnc21. The van der Waals surface area contributed by atoms with Gasteiger partial charge in [-0.25, -0.2) is 9.97 Å². The van der Waals surface area contributed by atoms with Crippen molar-refractivity contribution in [2.45, 2.75) is 18.7 Å². The van der Waals surface area contributed by atoms with E-state index in [2.05, 4.69) is 15.1 Å².